The van der Waals surface area contributed by atoms with Crippen molar-refractivity contribution in [1.82, 2.24) is 14.9 Å². The number of imidazole rings is 1. The van der Waals surface area contributed by atoms with Crippen molar-refractivity contribution in [3.63, 3.8) is 0 Å². The topological polar surface area (TPSA) is 56.1 Å². The molecule has 0 spiro atoms. The lowest BCUT2D eigenvalue weighted by Gasteiger charge is -2.19. The summed E-state index contributed by atoms with van der Waals surface area (Å²) in [5.41, 5.74) is 2.09. The molecule has 1 N–H and O–H groups in total. The number of aryl methyl sites for hydroxylation is 3. The molecule has 1 atom stereocenters. The highest BCUT2D eigenvalue weighted by Crippen LogP contribution is 2.27. The average Bonchev–Trinajstić information content (AvgIpc) is 3.25. The van der Waals surface area contributed by atoms with Crippen molar-refractivity contribution in [2.45, 2.75) is 26.3 Å². The average molecular weight is 369 g/mol. The SMILES string of the molecule is CCc1sc(C(=O)NC(c2cccc(OC)c2)c2nccn2C)cc1C. The van der Waals surface area contributed by atoms with E-state index in [1.165, 1.54) is 4.88 Å². The molecular weight excluding hydrogens is 346 g/mol. The molecule has 6 heteroatoms. The number of hydrogen-bond donors (Lipinski definition) is 1. The summed E-state index contributed by atoms with van der Waals surface area (Å²) in [6.07, 6.45) is 4.54. The second-order valence-corrected chi connectivity index (χ2v) is 7.29. The Kier molecular flexibility index (Phi) is 5.42. The summed E-state index contributed by atoms with van der Waals surface area (Å²) >= 11 is 1.55. The van der Waals surface area contributed by atoms with Crippen LogP contribution in [0, 0.1) is 6.92 Å². The van der Waals surface area contributed by atoms with Crippen LogP contribution in [0.25, 0.3) is 0 Å². The zero-order chi connectivity index (χ0) is 18.7. The van der Waals surface area contributed by atoms with E-state index in [9.17, 15) is 4.79 Å². The number of methoxy groups -OCH3 is 1. The Hall–Kier alpha value is -2.60. The molecule has 0 aliphatic rings. The molecule has 2 heterocycles. The summed E-state index contributed by atoms with van der Waals surface area (Å²) in [6, 6.07) is 9.30. The molecule has 0 aliphatic heterocycles. The van der Waals surface area contributed by atoms with Crippen LogP contribution in [0.2, 0.25) is 0 Å². The van der Waals surface area contributed by atoms with Gasteiger partial charge in [-0.3, -0.25) is 4.79 Å². The van der Waals surface area contributed by atoms with E-state index in [2.05, 4.69) is 17.2 Å². The van der Waals surface area contributed by atoms with Gasteiger partial charge in [0.05, 0.1) is 12.0 Å². The molecule has 136 valence electrons. The van der Waals surface area contributed by atoms with Gasteiger partial charge in [-0.15, -0.1) is 11.3 Å². The fourth-order valence-corrected chi connectivity index (χ4v) is 3.98. The largest absolute Gasteiger partial charge is 0.497 e. The Bertz CT molecular complexity index is 913. The second kappa shape index (κ2) is 7.74. The summed E-state index contributed by atoms with van der Waals surface area (Å²) in [5, 5.41) is 3.14. The molecule has 5 nitrogen and oxygen atoms in total. The lowest BCUT2D eigenvalue weighted by atomic mass is 10.1. The lowest BCUT2D eigenvalue weighted by molar-refractivity contribution is 0.0945. The summed E-state index contributed by atoms with van der Waals surface area (Å²) in [6.45, 7) is 4.15. The van der Waals surface area contributed by atoms with Crippen LogP contribution in [-0.2, 0) is 13.5 Å². The van der Waals surface area contributed by atoms with Crippen LogP contribution in [-0.4, -0.2) is 22.6 Å². The summed E-state index contributed by atoms with van der Waals surface area (Å²) in [4.78, 5) is 19.3. The molecule has 0 radical (unpaired) electrons. The number of amides is 1. The van der Waals surface area contributed by atoms with E-state index in [4.69, 9.17) is 4.74 Å². The number of aromatic nitrogens is 2. The van der Waals surface area contributed by atoms with E-state index < -0.39 is 0 Å². The molecule has 0 saturated heterocycles. The van der Waals surface area contributed by atoms with Gasteiger partial charge in [0, 0.05) is 24.3 Å². The van der Waals surface area contributed by atoms with E-state index in [1.807, 2.05) is 55.1 Å². The standard InChI is InChI=1S/C20H23N3O2S/c1-5-16-13(2)11-17(26-16)20(24)22-18(19-21-9-10-23(19)3)14-7-6-8-15(12-14)25-4/h6-12,18H,5H2,1-4H3,(H,22,24). The zero-order valence-corrected chi connectivity index (χ0v) is 16.3. The molecule has 3 aromatic rings. The van der Waals surface area contributed by atoms with Gasteiger partial charge in [-0.1, -0.05) is 19.1 Å². The predicted molar refractivity (Wildman–Crippen MR) is 104 cm³/mol. The first-order valence-electron chi connectivity index (χ1n) is 8.54. The third kappa shape index (κ3) is 3.65. The van der Waals surface area contributed by atoms with Gasteiger partial charge in [0.15, 0.2) is 0 Å². The van der Waals surface area contributed by atoms with Crippen molar-refractivity contribution >= 4 is 17.2 Å². The number of rotatable bonds is 6. The van der Waals surface area contributed by atoms with Crippen LogP contribution in [0.5, 0.6) is 5.75 Å². The highest BCUT2D eigenvalue weighted by Gasteiger charge is 2.23. The van der Waals surface area contributed by atoms with Crippen molar-refractivity contribution in [1.29, 1.82) is 0 Å². The predicted octanol–water partition coefficient (Wildman–Crippen LogP) is 3.88. The molecule has 0 fully saturated rings. The van der Waals surface area contributed by atoms with Gasteiger partial charge in [-0.2, -0.15) is 0 Å². The maximum absolute atomic E-state index is 12.9. The Labute approximate surface area is 157 Å². The van der Waals surface area contributed by atoms with E-state index in [-0.39, 0.29) is 11.9 Å². The van der Waals surface area contributed by atoms with E-state index >= 15 is 0 Å². The third-order valence-corrected chi connectivity index (χ3v) is 5.76. The van der Waals surface area contributed by atoms with Crippen molar-refractivity contribution in [3.8, 4) is 5.75 Å². The van der Waals surface area contributed by atoms with Crippen LogP contribution < -0.4 is 10.1 Å². The number of ether oxygens (including phenoxy) is 1. The first-order chi connectivity index (χ1) is 12.5. The Morgan fingerprint density at radius 1 is 1.38 bits per heavy atom. The van der Waals surface area contributed by atoms with Gasteiger partial charge in [0.1, 0.15) is 17.6 Å². The van der Waals surface area contributed by atoms with Gasteiger partial charge in [-0.05, 0) is 42.7 Å². The van der Waals surface area contributed by atoms with Gasteiger partial charge >= 0.3 is 0 Å². The molecule has 3 rings (SSSR count). The number of benzene rings is 1. The molecule has 2 aromatic heterocycles. The maximum Gasteiger partial charge on any atom is 0.262 e. The minimum Gasteiger partial charge on any atom is -0.497 e. The molecule has 1 aromatic carbocycles. The number of nitrogens with one attached hydrogen (secondary N) is 1. The second-order valence-electron chi connectivity index (χ2n) is 6.15. The van der Waals surface area contributed by atoms with Crippen molar-refractivity contribution < 1.29 is 9.53 Å². The number of carbonyl (C=O) groups is 1. The number of carbonyl (C=O) groups excluding carboxylic acids is 1. The molecule has 0 bridgehead atoms. The molecule has 0 aliphatic carbocycles. The Balaban J connectivity index is 1.95. The normalized spacial score (nSPS) is 12.0. The fraction of sp³-hybridized carbons (Fsp3) is 0.300. The molecule has 1 unspecified atom stereocenters. The van der Waals surface area contributed by atoms with Crippen molar-refractivity contribution in [2.24, 2.45) is 7.05 Å². The summed E-state index contributed by atoms with van der Waals surface area (Å²) in [5.74, 6) is 1.43. The maximum atomic E-state index is 12.9. The monoisotopic (exact) mass is 369 g/mol. The van der Waals surface area contributed by atoms with Crippen LogP contribution >= 0.6 is 11.3 Å². The fourth-order valence-electron chi connectivity index (χ4n) is 2.96. The minimum atomic E-state index is -0.356. The molecular formula is C20H23N3O2S. The minimum absolute atomic E-state index is 0.0892. The number of thiophene rings is 1. The van der Waals surface area contributed by atoms with Gasteiger partial charge in [0.2, 0.25) is 0 Å². The highest BCUT2D eigenvalue weighted by molar-refractivity contribution is 7.14. The highest BCUT2D eigenvalue weighted by atomic mass is 32.1. The van der Waals surface area contributed by atoms with Gasteiger partial charge < -0.3 is 14.6 Å². The molecule has 26 heavy (non-hydrogen) atoms. The van der Waals surface area contributed by atoms with E-state index in [0.29, 0.717) is 0 Å². The zero-order valence-electron chi connectivity index (χ0n) is 15.4. The number of nitrogens with zero attached hydrogens (tertiary/aromatic N) is 2. The smallest absolute Gasteiger partial charge is 0.262 e. The molecule has 0 saturated carbocycles. The molecule has 1 amide bonds. The van der Waals surface area contributed by atoms with Crippen molar-refractivity contribution in [3.05, 3.63) is 69.4 Å². The first kappa shape index (κ1) is 18.2. The van der Waals surface area contributed by atoms with Gasteiger partial charge in [0.25, 0.3) is 5.91 Å². The lowest BCUT2D eigenvalue weighted by Crippen LogP contribution is -2.30. The Morgan fingerprint density at radius 2 is 2.19 bits per heavy atom. The number of hydrogen-bond acceptors (Lipinski definition) is 4. The summed E-state index contributed by atoms with van der Waals surface area (Å²) in [7, 11) is 3.56. The third-order valence-electron chi connectivity index (χ3n) is 4.38. The first-order valence-corrected chi connectivity index (χ1v) is 9.36. The Morgan fingerprint density at radius 3 is 2.81 bits per heavy atom. The van der Waals surface area contributed by atoms with Crippen LogP contribution in [0.15, 0.2) is 42.7 Å². The quantitative estimate of drug-likeness (QED) is 0.717. The van der Waals surface area contributed by atoms with E-state index in [0.717, 1.165) is 34.0 Å². The van der Waals surface area contributed by atoms with Crippen molar-refractivity contribution in [2.75, 3.05) is 7.11 Å². The van der Waals surface area contributed by atoms with Crippen LogP contribution in [0.3, 0.4) is 0 Å². The van der Waals surface area contributed by atoms with Crippen LogP contribution in [0.4, 0.5) is 0 Å². The van der Waals surface area contributed by atoms with Gasteiger partial charge in [-0.25, -0.2) is 4.98 Å². The van der Waals surface area contributed by atoms with Crippen LogP contribution in [0.1, 0.15) is 44.5 Å². The summed E-state index contributed by atoms with van der Waals surface area (Å²) < 4.78 is 7.26. The van der Waals surface area contributed by atoms with E-state index in [1.54, 1.807) is 24.6 Å².